The molecule has 0 radical (unpaired) electrons. The first-order valence-electron chi connectivity index (χ1n) is 8.94. The van der Waals surface area contributed by atoms with Gasteiger partial charge in [-0.2, -0.15) is 0 Å². The van der Waals surface area contributed by atoms with E-state index in [1.807, 2.05) is 0 Å². The number of unbranched alkanes of at least 4 members (excludes halogenated alkanes) is 5. The first-order chi connectivity index (χ1) is 10.1. The summed E-state index contributed by atoms with van der Waals surface area (Å²) in [4.78, 5) is 0. The number of rotatable bonds is 10. The molecule has 0 fully saturated rings. The highest BCUT2D eigenvalue weighted by Crippen LogP contribution is 2.28. The fourth-order valence-corrected chi connectivity index (χ4v) is 2.71. The summed E-state index contributed by atoms with van der Waals surface area (Å²) in [5.74, 6) is 1.19. The summed E-state index contributed by atoms with van der Waals surface area (Å²) >= 11 is 0. The Morgan fingerprint density at radius 1 is 0.857 bits per heavy atom. The molecule has 0 spiro atoms. The molecule has 21 heavy (non-hydrogen) atoms. The third-order valence-electron chi connectivity index (χ3n) is 4.21. The fourth-order valence-electron chi connectivity index (χ4n) is 2.71. The van der Waals surface area contributed by atoms with Gasteiger partial charge in [0, 0.05) is 12.2 Å². The SMILES string of the molecule is CCCCCCCCNc1ccc(C(C)C)cc1C(C)C. The number of benzene rings is 1. The van der Waals surface area contributed by atoms with Gasteiger partial charge in [-0.05, 0) is 35.4 Å². The zero-order chi connectivity index (χ0) is 15.7. The van der Waals surface area contributed by atoms with Crippen molar-refractivity contribution in [2.75, 3.05) is 11.9 Å². The summed E-state index contributed by atoms with van der Waals surface area (Å²) < 4.78 is 0. The highest BCUT2D eigenvalue weighted by Gasteiger charge is 2.09. The Hall–Kier alpha value is -0.980. The third-order valence-corrected chi connectivity index (χ3v) is 4.21. The van der Waals surface area contributed by atoms with Crippen molar-refractivity contribution in [3.63, 3.8) is 0 Å². The standard InChI is InChI=1S/C20H35N/c1-6-7-8-9-10-11-14-21-20-13-12-18(16(2)3)15-19(20)17(4)5/h12-13,15-17,21H,6-11,14H2,1-5H3. The first kappa shape index (κ1) is 18.1. The number of anilines is 1. The minimum absolute atomic E-state index is 0.579. The number of hydrogen-bond donors (Lipinski definition) is 1. The molecule has 0 bridgehead atoms. The van der Waals surface area contributed by atoms with Gasteiger partial charge >= 0.3 is 0 Å². The molecule has 0 aliphatic heterocycles. The quantitative estimate of drug-likeness (QED) is 0.472. The molecular weight excluding hydrogens is 254 g/mol. The maximum Gasteiger partial charge on any atom is 0.0375 e. The van der Waals surface area contributed by atoms with Crippen LogP contribution in [0.1, 0.15) is 96.1 Å². The zero-order valence-corrected chi connectivity index (χ0v) is 14.8. The van der Waals surface area contributed by atoms with E-state index in [2.05, 4.69) is 58.1 Å². The van der Waals surface area contributed by atoms with Crippen LogP contribution in [0.2, 0.25) is 0 Å². The van der Waals surface area contributed by atoms with Crippen LogP contribution < -0.4 is 5.32 Å². The maximum atomic E-state index is 3.65. The molecule has 1 nitrogen and oxygen atoms in total. The van der Waals surface area contributed by atoms with Gasteiger partial charge in [-0.25, -0.2) is 0 Å². The van der Waals surface area contributed by atoms with E-state index < -0.39 is 0 Å². The van der Waals surface area contributed by atoms with Gasteiger partial charge in [0.15, 0.2) is 0 Å². The number of nitrogens with one attached hydrogen (secondary N) is 1. The Labute approximate surface area is 132 Å². The topological polar surface area (TPSA) is 12.0 Å². The van der Waals surface area contributed by atoms with E-state index in [0.717, 1.165) is 6.54 Å². The Kier molecular flexibility index (Phi) is 8.49. The monoisotopic (exact) mass is 289 g/mol. The molecule has 120 valence electrons. The lowest BCUT2D eigenvalue weighted by Crippen LogP contribution is -2.06. The minimum Gasteiger partial charge on any atom is -0.385 e. The smallest absolute Gasteiger partial charge is 0.0375 e. The van der Waals surface area contributed by atoms with E-state index in [1.54, 1.807) is 0 Å². The zero-order valence-electron chi connectivity index (χ0n) is 14.8. The van der Waals surface area contributed by atoms with E-state index in [1.165, 1.54) is 55.3 Å². The number of hydrogen-bond acceptors (Lipinski definition) is 1. The average Bonchev–Trinajstić information content (AvgIpc) is 2.46. The molecule has 0 saturated carbocycles. The molecule has 0 aliphatic rings. The van der Waals surface area contributed by atoms with Crippen molar-refractivity contribution in [2.24, 2.45) is 0 Å². The van der Waals surface area contributed by atoms with Crippen LogP contribution in [0, 0.1) is 0 Å². The van der Waals surface area contributed by atoms with Crippen molar-refractivity contribution in [1.29, 1.82) is 0 Å². The van der Waals surface area contributed by atoms with Crippen LogP contribution in [-0.2, 0) is 0 Å². The molecule has 1 aromatic carbocycles. The lowest BCUT2D eigenvalue weighted by molar-refractivity contribution is 0.617. The highest BCUT2D eigenvalue weighted by atomic mass is 14.9. The molecule has 1 heteroatoms. The predicted octanol–water partition coefficient (Wildman–Crippen LogP) is 6.71. The summed E-state index contributed by atoms with van der Waals surface area (Å²) in [5.41, 5.74) is 4.25. The van der Waals surface area contributed by atoms with Gasteiger partial charge < -0.3 is 5.32 Å². The predicted molar refractivity (Wildman–Crippen MR) is 96.5 cm³/mol. The van der Waals surface area contributed by atoms with E-state index in [0.29, 0.717) is 11.8 Å². The largest absolute Gasteiger partial charge is 0.385 e. The summed E-state index contributed by atoms with van der Waals surface area (Å²) in [6.45, 7) is 12.5. The molecule has 0 atom stereocenters. The van der Waals surface area contributed by atoms with E-state index in [9.17, 15) is 0 Å². The molecule has 0 saturated heterocycles. The van der Waals surface area contributed by atoms with Gasteiger partial charge in [0.25, 0.3) is 0 Å². The summed E-state index contributed by atoms with van der Waals surface area (Å²) in [6.07, 6.45) is 8.15. The van der Waals surface area contributed by atoms with Crippen molar-refractivity contribution in [3.8, 4) is 0 Å². The second kappa shape index (κ2) is 9.87. The van der Waals surface area contributed by atoms with Crippen molar-refractivity contribution in [2.45, 2.75) is 85.0 Å². The summed E-state index contributed by atoms with van der Waals surface area (Å²) in [5, 5.41) is 3.65. The molecular formula is C20H35N. The fraction of sp³-hybridized carbons (Fsp3) is 0.700. The van der Waals surface area contributed by atoms with Crippen molar-refractivity contribution in [1.82, 2.24) is 0 Å². The van der Waals surface area contributed by atoms with Crippen LogP contribution in [0.15, 0.2) is 18.2 Å². The van der Waals surface area contributed by atoms with Crippen LogP contribution in [0.4, 0.5) is 5.69 Å². The van der Waals surface area contributed by atoms with E-state index in [-0.39, 0.29) is 0 Å². The van der Waals surface area contributed by atoms with Crippen LogP contribution >= 0.6 is 0 Å². The Balaban J connectivity index is 2.47. The molecule has 1 aromatic rings. The highest BCUT2D eigenvalue weighted by molar-refractivity contribution is 5.54. The maximum absolute atomic E-state index is 3.65. The molecule has 0 aliphatic carbocycles. The summed E-state index contributed by atoms with van der Waals surface area (Å²) in [6, 6.07) is 6.95. The van der Waals surface area contributed by atoms with Gasteiger partial charge in [-0.1, -0.05) is 78.9 Å². The lowest BCUT2D eigenvalue weighted by Gasteiger charge is -2.17. The van der Waals surface area contributed by atoms with Gasteiger partial charge in [0.05, 0.1) is 0 Å². The normalized spacial score (nSPS) is 11.4. The lowest BCUT2D eigenvalue weighted by atomic mass is 9.94. The molecule has 0 amide bonds. The second-order valence-electron chi connectivity index (χ2n) is 6.85. The second-order valence-corrected chi connectivity index (χ2v) is 6.85. The van der Waals surface area contributed by atoms with Gasteiger partial charge in [0.1, 0.15) is 0 Å². The summed E-state index contributed by atoms with van der Waals surface area (Å²) in [7, 11) is 0. The minimum atomic E-state index is 0.579. The molecule has 1 rings (SSSR count). The van der Waals surface area contributed by atoms with Gasteiger partial charge in [-0.3, -0.25) is 0 Å². The Bertz CT molecular complexity index is 393. The molecule has 1 N–H and O–H groups in total. The van der Waals surface area contributed by atoms with Crippen LogP contribution in [-0.4, -0.2) is 6.54 Å². The first-order valence-corrected chi connectivity index (χ1v) is 8.94. The van der Waals surface area contributed by atoms with Crippen LogP contribution in [0.3, 0.4) is 0 Å². The van der Waals surface area contributed by atoms with Crippen molar-refractivity contribution in [3.05, 3.63) is 29.3 Å². The third kappa shape index (κ3) is 6.54. The van der Waals surface area contributed by atoms with Crippen molar-refractivity contribution >= 4 is 5.69 Å². The van der Waals surface area contributed by atoms with Crippen LogP contribution in [0.5, 0.6) is 0 Å². The average molecular weight is 290 g/mol. The van der Waals surface area contributed by atoms with Crippen LogP contribution in [0.25, 0.3) is 0 Å². The molecule has 0 heterocycles. The van der Waals surface area contributed by atoms with Gasteiger partial charge in [0.2, 0.25) is 0 Å². The van der Waals surface area contributed by atoms with E-state index in [4.69, 9.17) is 0 Å². The Morgan fingerprint density at radius 2 is 1.52 bits per heavy atom. The van der Waals surface area contributed by atoms with E-state index >= 15 is 0 Å². The van der Waals surface area contributed by atoms with Crippen molar-refractivity contribution < 1.29 is 0 Å². The Morgan fingerprint density at radius 3 is 2.14 bits per heavy atom. The molecule has 0 unspecified atom stereocenters. The molecule has 0 aromatic heterocycles. The van der Waals surface area contributed by atoms with Gasteiger partial charge in [-0.15, -0.1) is 0 Å².